The number of carbonyl (C=O) groups is 2. The van der Waals surface area contributed by atoms with Crippen molar-refractivity contribution in [1.82, 2.24) is 0 Å². The second-order valence-corrected chi connectivity index (χ2v) is 3.10. The summed E-state index contributed by atoms with van der Waals surface area (Å²) in [6, 6.07) is 0. The molecule has 0 saturated heterocycles. The van der Waals surface area contributed by atoms with Gasteiger partial charge in [-0.05, 0) is 12.8 Å². The fourth-order valence-electron chi connectivity index (χ4n) is 0.638. The molecule has 0 unspecified atom stereocenters. The van der Waals surface area contributed by atoms with Gasteiger partial charge in [0.1, 0.15) is 0 Å². The molecule has 17 heavy (non-hydrogen) atoms. The number of carbonyl (C=O) groups excluding carboxylic acids is 2. The van der Waals surface area contributed by atoms with Gasteiger partial charge >= 0.3 is 11.9 Å². The molecule has 98 valence electrons. The van der Waals surface area contributed by atoms with Gasteiger partial charge in [0.15, 0.2) is 0 Å². The van der Waals surface area contributed by atoms with Crippen LogP contribution < -0.4 is 0 Å². The lowest BCUT2D eigenvalue weighted by Gasteiger charge is -1.97. The Morgan fingerprint density at radius 3 is 1.76 bits per heavy atom. The number of hydrogen-bond acceptors (Lipinski definition) is 4. The van der Waals surface area contributed by atoms with E-state index < -0.39 is 0 Å². The maximum Gasteiger partial charge on any atom is 0.330 e. The Balaban J connectivity index is 0. The third-order valence-corrected chi connectivity index (χ3v) is 1.52. The van der Waals surface area contributed by atoms with Gasteiger partial charge in [0.2, 0.25) is 0 Å². The molecule has 0 aromatic carbocycles. The van der Waals surface area contributed by atoms with Gasteiger partial charge in [0.25, 0.3) is 0 Å². The lowest BCUT2D eigenvalue weighted by molar-refractivity contribution is -0.138. The maximum atomic E-state index is 10.3. The minimum atomic E-state index is -0.341. The Morgan fingerprint density at radius 2 is 1.41 bits per heavy atom. The Hall–Kier alpha value is -1.58. The Kier molecular flexibility index (Phi) is 15.1. The first-order valence-electron chi connectivity index (χ1n) is 5.70. The summed E-state index contributed by atoms with van der Waals surface area (Å²) in [4.78, 5) is 20.6. The van der Waals surface area contributed by atoms with Gasteiger partial charge in [-0.15, -0.1) is 0 Å². The molecule has 0 fully saturated rings. The normalized spacial score (nSPS) is 8.35. The number of hydrogen-bond donors (Lipinski definition) is 0. The lowest BCUT2D eigenvalue weighted by atomic mass is 10.4. The van der Waals surface area contributed by atoms with E-state index >= 15 is 0 Å². The molecule has 0 amide bonds. The van der Waals surface area contributed by atoms with Crippen molar-refractivity contribution >= 4 is 11.9 Å². The maximum absolute atomic E-state index is 10.3. The van der Waals surface area contributed by atoms with E-state index in [9.17, 15) is 9.59 Å². The molecule has 0 aliphatic rings. The van der Waals surface area contributed by atoms with Gasteiger partial charge in [0, 0.05) is 12.2 Å². The summed E-state index contributed by atoms with van der Waals surface area (Å²) in [5.74, 6) is -0.671. The Bertz CT molecular complexity index is 234. The van der Waals surface area contributed by atoms with Crippen LogP contribution in [0.25, 0.3) is 0 Å². The molecule has 0 heterocycles. The molecule has 0 radical (unpaired) electrons. The second-order valence-electron chi connectivity index (χ2n) is 3.10. The van der Waals surface area contributed by atoms with Crippen LogP contribution in [0.2, 0.25) is 0 Å². The zero-order valence-electron chi connectivity index (χ0n) is 10.7. The van der Waals surface area contributed by atoms with Gasteiger partial charge < -0.3 is 9.47 Å². The largest absolute Gasteiger partial charge is 0.463 e. The van der Waals surface area contributed by atoms with Crippen molar-refractivity contribution in [3.05, 3.63) is 25.3 Å². The lowest BCUT2D eigenvalue weighted by Crippen LogP contribution is -2.00. The van der Waals surface area contributed by atoms with Crippen LogP contribution in [0, 0.1) is 0 Å². The summed E-state index contributed by atoms with van der Waals surface area (Å²) >= 11 is 0. The van der Waals surface area contributed by atoms with E-state index in [1.165, 1.54) is 6.08 Å². The smallest absolute Gasteiger partial charge is 0.330 e. The van der Waals surface area contributed by atoms with Crippen LogP contribution in [0.5, 0.6) is 0 Å². The molecule has 0 spiro atoms. The van der Waals surface area contributed by atoms with E-state index in [1.807, 2.05) is 13.8 Å². The zero-order chi connectivity index (χ0) is 13.5. The van der Waals surface area contributed by atoms with Crippen molar-refractivity contribution in [1.29, 1.82) is 0 Å². The fraction of sp³-hybridized carbons (Fsp3) is 0.538. The predicted octanol–water partition coefficient (Wildman–Crippen LogP) is 2.64. The highest BCUT2D eigenvalue weighted by Gasteiger charge is 1.91. The highest BCUT2D eigenvalue weighted by molar-refractivity contribution is 5.81. The summed E-state index contributed by atoms with van der Waals surface area (Å²) in [6.07, 6.45) is 5.18. The van der Waals surface area contributed by atoms with Crippen LogP contribution in [0.3, 0.4) is 0 Å². The van der Waals surface area contributed by atoms with Gasteiger partial charge in [-0.1, -0.05) is 33.4 Å². The quantitative estimate of drug-likeness (QED) is 0.391. The molecule has 0 rings (SSSR count). The van der Waals surface area contributed by atoms with E-state index in [0.29, 0.717) is 13.2 Å². The monoisotopic (exact) mass is 242 g/mol. The average molecular weight is 242 g/mol. The number of esters is 2. The molecule has 0 aromatic rings. The van der Waals surface area contributed by atoms with Crippen molar-refractivity contribution in [2.45, 2.75) is 33.1 Å². The van der Waals surface area contributed by atoms with Gasteiger partial charge in [0.05, 0.1) is 13.2 Å². The van der Waals surface area contributed by atoms with E-state index in [-0.39, 0.29) is 11.9 Å². The molecule has 0 aromatic heterocycles. The molecule has 0 bridgehead atoms. The molecular formula is C13H22O4. The molecule has 0 N–H and O–H groups in total. The molecule has 4 heteroatoms. The number of rotatable bonds is 7. The second kappa shape index (κ2) is 14.4. The van der Waals surface area contributed by atoms with Crippen LogP contribution in [-0.2, 0) is 19.1 Å². The Morgan fingerprint density at radius 1 is 0.941 bits per heavy atom. The third-order valence-electron chi connectivity index (χ3n) is 1.52. The summed E-state index contributed by atoms with van der Waals surface area (Å²) in [6.45, 7) is 11.5. The van der Waals surface area contributed by atoms with E-state index in [4.69, 9.17) is 0 Å². The molecular weight excluding hydrogens is 220 g/mol. The van der Waals surface area contributed by atoms with Crippen molar-refractivity contribution < 1.29 is 19.1 Å². The van der Waals surface area contributed by atoms with Crippen LogP contribution in [-0.4, -0.2) is 25.2 Å². The summed E-state index contributed by atoms with van der Waals surface area (Å²) in [5.41, 5.74) is 0. The first-order chi connectivity index (χ1) is 8.12. The summed E-state index contributed by atoms with van der Waals surface area (Å²) < 4.78 is 9.26. The molecule has 0 saturated carbocycles. The van der Waals surface area contributed by atoms with Crippen LogP contribution in [0.4, 0.5) is 0 Å². The molecule has 4 nitrogen and oxygen atoms in total. The van der Waals surface area contributed by atoms with Crippen LogP contribution >= 0.6 is 0 Å². The van der Waals surface area contributed by atoms with Crippen LogP contribution in [0.1, 0.15) is 33.1 Å². The first kappa shape index (κ1) is 17.8. The number of unbranched alkanes of at least 4 members (excludes halogenated alkanes) is 1. The first-order valence-corrected chi connectivity index (χ1v) is 5.70. The highest BCUT2D eigenvalue weighted by atomic mass is 16.5. The van der Waals surface area contributed by atoms with Crippen molar-refractivity contribution in [3.63, 3.8) is 0 Å². The zero-order valence-corrected chi connectivity index (χ0v) is 10.7. The SMILES string of the molecule is C=CC(=O)OCCC.C=CC(=O)OCCCC. The van der Waals surface area contributed by atoms with Crippen molar-refractivity contribution in [2.24, 2.45) is 0 Å². The summed E-state index contributed by atoms with van der Waals surface area (Å²) in [5, 5.41) is 0. The highest BCUT2D eigenvalue weighted by Crippen LogP contribution is 1.88. The Labute approximate surface area is 103 Å². The van der Waals surface area contributed by atoms with E-state index in [0.717, 1.165) is 25.3 Å². The van der Waals surface area contributed by atoms with Crippen molar-refractivity contribution in [3.8, 4) is 0 Å². The van der Waals surface area contributed by atoms with Gasteiger partial charge in [-0.2, -0.15) is 0 Å². The van der Waals surface area contributed by atoms with E-state index in [1.54, 1.807) is 0 Å². The van der Waals surface area contributed by atoms with E-state index in [2.05, 4.69) is 22.6 Å². The van der Waals surface area contributed by atoms with Gasteiger partial charge in [-0.3, -0.25) is 0 Å². The average Bonchev–Trinajstić information content (AvgIpc) is 2.36. The van der Waals surface area contributed by atoms with Gasteiger partial charge in [-0.25, -0.2) is 9.59 Å². The predicted molar refractivity (Wildman–Crippen MR) is 67.5 cm³/mol. The minimum Gasteiger partial charge on any atom is -0.463 e. The van der Waals surface area contributed by atoms with Crippen LogP contribution in [0.15, 0.2) is 25.3 Å². The third kappa shape index (κ3) is 17.1. The standard InChI is InChI=1S/C7H12O2.C6H10O2/c1-3-5-6-9-7(8)4-2;1-3-5-8-6(7)4-2/h4H,2-3,5-6H2,1H3;4H,2-3,5H2,1H3. The number of ether oxygens (including phenoxy) is 2. The molecule has 0 aliphatic carbocycles. The van der Waals surface area contributed by atoms with Crippen molar-refractivity contribution in [2.75, 3.05) is 13.2 Å². The topological polar surface area (TPSA) is 52.6 Å². The molecule has 0 aliphatic heterocycles. The summed E-state index contributed by atoms with van der Waals surface area (Å²) in [7, 11) is 0. The minimum absolute atomic E-state index is 0.330. The molecule has 0 atom stereocenters. The fourth-order valence-corrected chi connectivity index (χ4v) is 0.638.